The van der Waals surface area contributed by atoms with Crippen molar-refractivity contribution in [3.8, 4) is 0 Å². The van der Waals surface area contributed by atoms with Crippen molar-refractivity contribution in [2.45, 2.75) is 12.8 Å². The monoisotopic (exact) mass is 274 g/mol. The van der Waals surface area contributed by atoms with Crippen molar-refractivity contribution in [1.29, 1.82) is 0 Å². The summed E-state index contributed by atoms with van der Waals surface area (Å²) in [7, 11) is 0. The predicted octanol–water partition coefficient (Wildman–Crippen LogP) is 4.23. The molecule has 1 heterocycles. The van der Waals surface area contributed by atoms with E-state index in [-0.39, 0.29) is 6.42 Å². The first-order valence-corrected chi connectivity index (χ1v) is 6.29. The number of halogens is 2. The molecule has 5 heteroatoms. The SMILES string of the molecule is O=C(O)CCc1c(Cl)cc(Cl)c2sccc12. The average molecular weight is 275 g/mol. The highest BCUT2D eigenvalue weighted by Crippen LogP contribution is 2.36. The van der Waals surface area contributed by atoms with Crippen LogP contribution in [0.4, 0.5) is 0 Å². The Morgan fingerprint density at radius 2 is 2.12 bits per heavy atom. The lowest BCUT2D eigenvalue weighted by molar-refractivity contribution is -0.136. The molecule has 0 radical (unpaired) electrons. The average Bonchev–Trinajstić information content (AvgIpc) is 2.65. The molecule has 0 saturated carbocycles. The molecule has 1 aromatic carbocycles. The van der Waals surface area contributed by atoms with Crippen molar-refractivity contribution in [1.82, 2.24) is 0 Å². The van der Waals surface area contributed by atoms with Gasteiger partial charge in [-0.1, -0.05) is 23.2 Å². The molecule has 0 atom stereocenters. The van der Waals surface area contributed by atoms with Crippen LogP contribution in [0.15, 0.2) is 17.5 Å². The molecule has 0 amide bonds. The molecule has 0 saturated heterocycles. The molecule has 2 rings (SSSR count). The molecule has 2 nitrogen and oxygen atoms in total. The van der Waals surface area contributed by atoms with E-state index >= 15 is 0 Å². The van der Waals surface area contributed by atoms with Gasteiger partial charge in [-0.3, -0.25) is 4.79 Å². The van der Waals surface area contributed by atoms with E-state index in [1.54, 1.807) is 6.07 Å². The molecular formula is C11H8Cl2O2S. The highest BCUT2D eigenvalue weighted by molar-refractivity contribution is 7.17. The molecule has 0 bridgehead atoms. The van der Waals surface area contributed by atoms with Gasteiger partial charge in [-0.05, 0) is 34.9 Å². The molecule has 0 aliphatic carbocycles. The number of hydrogen-bond acceptors (Lipinski definition) is 2. The van der Waals surface area contributed by atoms with Crippen molar-refractivity contribution in [2.24, 2.45) is 0 Å². The predicted molar refractivity (Wildman–Crippen MR) is 67.8 cm³/mol. The molecule has 1 N–H and O–H groups in total. The minimum absolute atomic E-state index is 0.0757. The summed E-state index contributed by atoms with van der Waals surface area (Å²) in [6.45, 7) is 0. The third-order valence-electron chi connectivity index (χ3n) is 2.34. The number of aryl methyl sites for hydroxylation is 1. The fourth-order valence-electron chi connectivity index (χ4n) is 1.61. The molecule has 0 aliphatic heterocycles. The fraction of sp³-hybridized carbons (Fsp3) is 0.182. The van der Waals surface area contributed by atoms with Crippen molar-refractivity contribution in [3.05, 3.63) is 33.1 Å². The second-order valence-electron chi connectivity index (χ2n) is 3.38. The molecule has 0 fully saturated rings. The van der Waals surface area contributed by atoms with E-state index < -0.39 is 5.97 Å². The number of carboxylic acids is 1. The Kier molecular flexibility index (Phi) is 3.38. The van der Waals surface area contributed by atoms with Crippen LogP contribution in [0.5, 0.6) is 0 Å². The van der Waals surface area contributed by atoms with Crippen molar-refractivity contribution >= 4 is 50.6 Å². The van der Waals surface area contributed by atoms with Crippen LogP contribution in [0.25, 0.3) is 10.1 Å². The summed E-state index contributed by atoms with van der Waals surface area (Å²) in [4.78, 5) is 10.6. The van der Waals surface area contributed by atoms with E-state index in [1.807, 2.05) is 11.4 Å². The van der Waals surface area contributed by atoms with Crippen molar-refractivity contribution in [2.75, 3.05) is 0 Å². The van der Waals surface area contributed by atoms with Crippen LogP contribution in [-0.4, -0.2) is 11.1 Å². The Labute approximate surface area is 106 Å². The van der Waals surface area contributed by atoms with Crippen LogP contribution in [0.1, 0.15) is 12.0 Å². The van der Waals surface area contributed by atoms with Gasteiger partial charge >= 0.3 is 5.97 Å². The molecular weight excluding hydrogens is 267 g/mol. The Hall–Kier alpha value is -0.770. The van der Waals surface area contributed by atoms with Gasteiger partial charge in [0.25, 0.3) is 0 Å². The normalized spacial score (nSPS) is 10.9. The van der Waals surface area contributed by atoms with Gasteiger partial charge in [-0.15, -0.1) is 11.3 Å². The molecule has 16 heavy (non-hydrogen) atoms. The summed E-state index contributed by atoms with van der Waals surface area (Å²) >= 11 is 13.7. The highest BCUT2D eigenvalue weighted by atomic mass is 35.5. The smallest absolute Gasteiger partial charge is 0.303 e. The molecule has 2 aromatic rings. The van der Waals surface area contributed by atoms with Gasteiger partial charge in [-0.25, -0.2) is 0 Å². The number of aliphatic carboxylic acids is 1. The first-order chi connectivity index (χ1) is 7.59. The number of benzene rings is 1. The fourth-order valence-corrected chi connectivity index (χ4v) is 3.15. The molecule has 0 spiro atoms. The van der Waals surface area contributed by atoms with E-state index in [0.29, 0.717) is 16.5 Å². The standard InChI is InChI=1S/C11H8Cl2O2S/c12-8-5-9(13)11-7(3-4-16-11)6(8)1-2-10(14)15/h3-5H,1-2H2,(H,14,15). The zero-order chi connectivity index (χ0) is 11.7. The summed E-state index contributed by atoms with van der Waals surface area (Å²) in [5, 5.41) is 12.7. The Bertz CT molecular complexity index is 548. The maximum atomic E-state index is 10.6. The zero-order valence-electron chi connectivity index (χ0n) is 8.17. The first-order valence-electron chi connectivity index (χ1n) is 4.65. The molecule has 1 aromatic heterocycles. The van der Waals surface area contributed by atoms with Crippen molar-refractivity contribution in [3.63, 3.8) is 0 Å². The summed E-state index contributed by atoms with van der Waals surface area (Å²) in [6, 6.07) is 3.61. The second kappa shape index (κ2) is 4.62. The van der Waals surface area contributed by atoms with Crippen LogP contribution in [0.2, 0.25) is 10.0 Å². The van der Waals surface area contributed by atoms with Gasteiger partial charge in [0.1, 0.15) is 0 Å². The zero-order valence-corrected chi connectivity index (χ0v) is 10.5. The number of hydrogen-bond donors (Lipinski definition) is 1. The first kappa shape index (κ1) is 11.7. The summed E-state index contributed by atoms with van der Waals surface area (Å²) in [5.41, 5.74) is 0.865. The topological polar surface area (TPSA) is 37.3 Å². The maximum absolute atomic E-state index is 10.6. The quantitative estimate of drug-likeness (QED) is 0.910. The number of carboxylic acid groups (broad SMARTS) is 1. The summed E-state index contributed by atoms with van der Waals surface area (Å²) < 4.78 is 0.964. The maximum Gasteiger partial charge on any atom is 0.303 e. The minimum atomic E-state index is -0.825. The second-order valence-corrected chi connectivity index (χ2v) is 5.11. The van der Waals surface area contributed by atoms with Gasteiger partial charge in [-0.2, -0.15) is 0 Å². The van der Waals surface area contributed by atoms with Crippen LogP contribution in [0, 0.1) is 0 Å². The van der Waals surface area contributed by atoms with E-state index in [9.17, 15) is 4.79 Å². The summed E-state index contributed by atoms with van der Waals surface area (Å²) in [5.74, 6) is -0.825. The number of rotatable bonds is 3. The van der Waals surface area contributed by atoms with Gasteiger partial charge in [0, 0.05) is 11.4 Å². The van der Waals surface area contributed by atoms with Crippen LogP contribution in [0.3, 0.4) is 0 Å². The van der Waals surface area contributed by atoms with Crippen LogP contribution >= 0.6 is 34.5 Å². The lowest BCUT2D eigenvalue weighted by Gasteiger charge is -2.06. The molecule has 0 unspecified atom stereocenters. The van der Waals surface area contributed by atoms with E-state index in [2.05, 4.69) is 0 Å². The van der Waals surface area contributed by atoms with E-state index in [1.165, 1.54) is 11.3 Å². The van der Waals surface area contributed by atoms with Crippen LogP contribution in [-0.2, 0) is 11.2 Å². The summed E-state index contributed by atoms with van der Waals surface area (Å²) in [6.07, 6.45) is 0.505. The number of fused-ring (bicyclic) bond motifs is 1. The highest BCUT2D eigenvalue weighted by Gasteiger charge is 2.12. The molecule has 84 valence electrons. The van der Waals surface area contributed by atoms with Crippen molar-refractivity contribution < 1.29 is 9.90 Å². The Balaban J connectivity index is 2.50. The Morgan fingerprint density at radius 3 is 2.81 bits per heavy atom. The number of thiophene rings is 1. The van der Waals surface area contributed by atoms with Crippen LogP contribution < -0.4 is 0 Å². The van der Waals surface area contributed by atoms with Gasteiger partial charge in [0.15, 0.2) is 0 Å². The van der Waals surface area contributed by atoms with E-state index in [4.69, 9.17) is 28.3 Å². The van der Waals surface area contributed by atoms with Gasteiger partial charge < -0.3 is 5.11 Å². The Morgan fingerprint density at radius 1 is 1.38 bits per heavy atom. The van der Waals surface area contributed by atoms with E-state index in [0.717, 1.165) is 15.6 Å². The lowest BCUT2D eigenvalue weighted by atomic mass is 10.1. The molecule has 0 aliphatic rings. The largest absolute Gasteiger partial charge is 0.481 e. The third-order valence-corrected chi connectivity index (χ3v) is 4.03. The van der Waals surface area contributed by atoms with Gasteiger partial charge in [0.2, 0.25) is 0 Å². The number of carbonyl (C=O) groups is 1. The lowest BCUT2D eigenvalue weighted by Crippen LogP contribution is -1.98. The minimum Gasteiger partial charge on any atom is -0.481 e. The third kappa shape index (κ3) is 2.17. The van der Waals surface area contributed by atoms with Gasteiger partial charge in [0.05, 0.1) is 9.72 Å².